The molecule has 1 aliphatic heterocycles. The maximum Gasteiger partial charge on any atom is 0.310 e. The second-order valence-electron chi connectivity index (χ2n) is 3.59. The average Bonchev–Trinajstić information content (AvgIpc) is 2.44. The molecule has 1 nitrogen and oxygen atoms in total. The van der Waals surface area contributed by atoms with Crippen molar-refractivity contribution in [3.63, 3.8) is 0 Å². The molecule has 1 heterocycles. The lowest BCUT2D eigenvalue weighted by molar-refractivity contribution is -0.0218. The Morgan fingerprint density at radius 2 is 2.14 bits per heavy atom. The Morgan fingerprint density at radius 1 is 1.43 bits per heavy atom. The number of ether oxygens (including phenoxy) is 1. The van der Waals surface area contributed by atoms with E-state index in [2.05, 4.69) is 0 Å². The Kier molecular flexibility index (Phi) is 1.98. The van der Waals surface area contributed by atoms with Crippen molar-refractivity contribution in [2.75, 3.05) is 6.61 Å². The van der Waals surface area contributed by atoms with Crippen molar-refractivity contribution in [1.29, 1.82) is 0 Å². The van der Waals surface area contributed by atoms with E-state index in [0.717, 1.165) is 12.0 Å². The van der Waals surface area contributed by atoms with Crippen LogP contribution >= 0.6 is 0 Å². The number of alkyl halides is 2. The van der Waals surface area contributed by atoms with Crippen LogP contribution in [0.4, 0.5) is 8.78 Å². The van der Waals surface area contributed by atoms with Crippen molar-refractivity contribution >= 4 is 0 Å². The number of fused-ring (bicyclic) bond motifs is 1. The van der Waals surface area contributed by atoms with E-state index in [0.29, 0.717) is 11.3 Å². The molecule has 1 aliphatic rings. The van der Waals surface area contributed by atoms with E-state index in [1.165, 1.54) is 0 Å². The molecule has 0 fully saturated rings. The lowest BCUT2D eigenvalue weighted by Gasteiger charge is -2.10. The monoisotopic (exact) mass is 198 g/mol. The first-order valence-electron chi connectivity index (χ1n) is 4.70. The Labute approximate surface area is 81.7 Å². The summed E-state index contributed by atoms with van der Waals surface area (Å²) in [6.45, 7) is 3.12. The lowest BCUT2D eigenvalue weighted by Crippen LogP contribution is -2.15. The van der Waals surface area contributed by atoms with Gasteiger partial charge in [-0.25, -0.2) is 0 Å². The van der Waals surface area contributed by atoms with Gasteiger partial charge in [-0.1, -0.05) is 19.1 Å². The molecule has 14 heavy (non-hydrogen) atoms. The molecule has 0 saturated carbocycles. The number of hydrogen-bond acceptors (Lipinski definition) is 1. The maximum atomic E-state index is 13.4. The Bertz CT molecular complexity index is 372. The molecular formula is C11H12F2O. The highest BCUT2D eigenvalue weighted by atomic mass is 19.3. The molecule has 0 unspecified atom stereocenters. The van der Waals surface area contributed by atoms with Crippen LogP contribution in [0, 0.1) is 6.92 Å². The van der Waals surface area contributed by atoms with E-state index in [1.54, 1.807) is 13.0 Å². The summed E-state index contributed by atoms with van der Waals surface area (Å²) in [6, 6.07) is 3.59. The third kappa shape index (κ3) is 1.19. The van der Waals surface area contributed by atoms with Gasteiger partial charge in [0.25, 0.3) is 0 Å². The van der Waals surface area contributed by atoms with Gasteiger partial charge in [0.1, 0.15) is 5.75 Å². The van der Waals surface area contributed by atoms with Gasteiger partial charge in [0, 0.05) is 0 Å². The normalized spacial score (nSPS) is 17.7. The number of aryl methyl sites for hydroxylation is 2. The minimum atomic E-state index is -2.81. The topological polar surface area (TPSA) is 9.23 Å². The van der Waals surface area contributed by atoms with Crippen LogP contribution in [0.1, 0.15) is 23.6 Å². The van der Waals surface area contributed by atoms with Crippen LogP contribution in [0.2, 0.25) is 0 Å². The first kappa shape index (κ1) is 9.44. The molecule has 0 aromatic heterocycles. The van der Waals surface area contributed by atoms with Gasteiger partial charge in [0.05, 0.1) is 5.56 Å². The van der Waals surface area contributed by atoms with Gasteiger partial charge >= 0.3 is 5.92 Å². The van der Waals surface area contributed by atoms with Crippen LogP contribution in [0.15, 0.2) is 12.1 Å². The number of halogens is 2. The van der Waals surface area contributed by atoms with Gasteiger partial charge in [-0.05, 0) is 24.5 Å². The highest BCUT2D eigenvalue weighted by molar-refractivity contribution is 5.51. The zero-order chi connectivity index (χ0) is 10.3. The quantitative estimate of drug-likeness (QED) is 0.674. The van der Waals surface area contributed by atoms with Gasteiger partial charge in [0.2, 0.25) is 0 Å². The fourth-order valence-electron chi connectivity index (χ4n) is 1.86. The van der Waals surface area contributed by atoms with Crippen molar-refractivity contribution in [1.82, 2.24) is 0 Å². The second-order valence-corrected chi connectivity index (χ2v) is 3.59. The van der Waals surface area contributed by atoms with Crippen LogP contribution < -0.4 is 4.74 Å². The molecule has 1 aromatic rings. The zero-order valence-corrected chi connectivity index (χ0v) is 8.23. The molecule has 0 aliphatic carbocycles. The second kappa shape index (κ2) is 2.94. The first-order valence-corrected chi connectivity index (χ1v) is 4.70. The SMILES string of the molecule is CCc1ccc(C)c2c1OCC2(F)F. The van der Waals surface area contributed by atoms with E-state index in [-0.39, 0.29) is 5.56 Å². The largest absolute Gasteiger partial charge is 0.486 e. The summed E-state index contributed by atoms with van der Waals surface area (Å²) < 4.78 is 31.8. The molecule has 0 saturated heterocycles. The van der Waals surface area contributed by atoms with Crippen molar-refractivity contribution in [3.8, 4) is 5.75 Å². The summed E-state index contributed by atoms with van der Waals surface area (Å²) in [6.07, 6.45) is 0.721. The summed E-state index contributed by atoms with van der Waals surface area (Å²) >= 11 is 0. The molecule has 0 amide bonds. The van der Waals surface area contributed by atoms with E-state index >= 15 is 0 Å². The summed E-state index contributed by atoms with van der Waals surface area (Å²) in [5, 5.41) is 0. The summed E-state index contributed by atoms with van der Waals surface area (Å²) in [7, 11) is 0. The molecule has 1 aromatic carbocycles. The third-order valence-electron chi connectivity index (χ3n) is 2.59. The highest BCUT2D eigenvalue weighted by Gasteiger charge is 2.43. The fourth-order valence-corrected chi connectivity index (χ4v) is 1.86. The predicted molar refractivity (Wildman–Crippen MR) is 49.9 cm³/mol. The zero-order valence-electron chi connectivity index (χ0n) is 8.23. The van der Waals surface area contributed by atoms with Gasteiger partial charge in [0.15, 0.2) is 6.61 Å². The molecule has 0 atom stereocenters. The van der Waals surface area contributed by atoms with Crippen LogP contribution in [0.25, 0.3) is 0 Å². The third-order valence-corrected chi connectivity index (χ3v) is 2.59. The molecule has 0 spiro atoms. The minimum absolute atomic E-state index is 0.0804. The van der Waals surface area contributed by atoms with Crippen LogP contribution in [-0.2, 0) is 12.3 Å². The molecule has 76 valence electrons. The molecule has 0 bridgehead atoms. The van der Waals surface area contributed by atoms with Crippen LogP contribution in [0.5, 0.6) is 5.75 Å². The lowest BCUT2D eigenvalue weighted by atomic mass is 9.99. The summed E-state index contributed by atoms with van der Waals surface area (Å²) in [5.74, 6) is -2.41. The minimum Gasteiger partial charge on any atom is -0.486 e. The van der Waals surface area contributed by atoms with E-state index in [4.69, 9.17) is 4.74 Å². The molecule has 2 rings (SSSR count). The van der Waals surface area contributed by atoms with E-state index in [9.17, 15) is 8.78 Å². The Balaban J connectivity index is 2.65. The maximum absolute atomic E-state index is 13.4. The standard InChI is InChI=1S/C11H12F2O/c1-3-8-5-4-7(2)9-10(8)14-6-11(9,12)13/h4-5H,3,6H2,1-2H3. The van der Waals surface area contributed by atoms with Gasteiger partial charge < -0.3 is 4.74 Å². The Morgan fingerprint density at radius 3 is 2.79 bits per heavy atom. The van der Waals surface area contributed by atoms with Crippen molar-refractivity contribution < 1.29 is 13.5 Å². The van der Waals surface area contributed by atoms with Crippen molar-refractivity contribution in [2.45, 2.75) is 26.2 Å². The van der Waals surface area contributed by atoms with E-state index in [1.807, 2.05) is 13.0 Å². The summed E-state index contributed by atoms with van der Waals surface area (Å²) in [5.41, 5.74) is 1.55. The van der Waals surface area contributed by atoms with Crippen LogP contribution in [0.3, 0.4) is 0 Å². The van der Waals surface area contributed by atoms with Gasteiger partial charge in [-0.15, -0.1) is 0 Å². The van der Waals surface area contributed by atoms with Crippen LogP contribution in [-0.4, -0.2) is 6.61 Å². The van der Waals surface area contributed by atoms with Crippen molar-refractivity contribution in [3.05, 3.63) is 28.8 Å². The molecule has 0 radical (unpaired) electrons. The average molecular weight is 198 g/mol. The van der Waals surface area contributed by atoms with E-state index < -0.39 is 12.5 Å². The number of rotatable bonds is 1. The molecule has 3 heteroatoms. The predicted octanol–water partition coefficient (Wildman–Crippen LogP) is 3.04. The Hall–Kier alpha value is -1.12. The van der Waals surface area contributed by atoms with Gasteiger partial charge in [-0.2, -0.15) is 8.78 Å². The fraction of sp³-hybridized carbons (Fsp3) is 0.455. The van der Waals surface area contributed by atoms with Gasteiger partial charge in [-0.3, -0.25) is 0 Å². The highest BCUT2D eigenvalue weighted by Crippen LogP contribution is 2.45. The smallest absolute Gasteiger partial charge is 0.310 e. The van der Waals surface area contributed by atoms with Crippen molar-refractivity contribution in [2.24, 2.45) is 0 Å². The molecular weight excluding hydrogens is 186 g/mol. The number of hydrogen-bond donors (Lipinski definition) is 0. The number of benzene rings is 1. The summed E-state index contributed by atoms with van der Waals surface area (Å²) in [4.78, 5) is 0. The molecule has 0 N–H and O–H groups in total. The first-order chi connectivity index (χ1) is 6.56.